The van der Waals surface area contributed by atoms with Crippen LogP contribution in [0.5, 0.6) is 0 Å². The predicted octanol–water partition coefficient (Wildman–Crippen LogP) is 2.04. The van der Waals surface area contributed by atoms with Gasteiger partial charge >= 0.3 is 12.0 Å². The molecule has 1 heterocycles. The smallest absolute Gasteiger partial charge is 0.344 e. The molecule has 0 aliphatic carbocycles. The zero-order valence-electron chi connectivity index (χ0n) is 16.1. The van der Waals surface area contributed by atoms with Crippen LogP contribution in [0.4, 0.5) is 4.79 Å². The molecule has 8 nitrogen and oxygen atoms in total. The van der Waals surface area contributed by atoms with Crippen molar-refractivity contribution in [3.05, 3.63) is 71.3 Å². The highest BCUT2D eigenvalue weighted by Gasteiger charge is 2.52. The zero-order chi connectivity index (χ0) is 21.0. The van der Waals surface area contributed by atoms with Crippen molar-refractivity contribution in [1.29, 1.82) is 0 Å². The summed E-state index contributed by atoms with van der Waals surface area (Å²) in [6.07, 6.45) is 0.302. The van der Waals surface area contributed by atoms with Crippen LogP contribution < -0.4 is 10.7 Å². The van der Waals surface area contributed by atoms with E-state index in [0.29, 0.717) is 28.1 Å². The average molecular weight is 395 g/mol. The molecule has 2 aromatic carbocycles. The van der Waals surface area contributed by atoms with Crippen LogP contribution in [0, 0.1) is 6.92 Å². The maximum Gasteiger partial charge on any atom is 0.344 e. The Balaban J connectivity index is 1.66. The lowest BCUT2D eigenvalue weighted by Crippen LogP contribution is -2.49. The number of rotatable bonds is 6. The molecule has 4 amide bonds. The van der Waals surface area contributed by atoms with Crippen molar-refractivity contribution in [3.8, 4) is 0 Å². The number of amides is 4. The van der Waals surface area contributed by atoms with Gasteiger partial charge in [0.05, 0.1) is 5.56 Å². The molecule has 0 saturated carbocycles. The van der Waals surface area contributed by atoms with Crippen LogP contribution in [0.25, 0.3) is 0 Å². The van der Waals surface area contributed by atoms with Gasteiger partial charge in [-0.15, -0.1) is 0 Å². The number of nitrogens with one attached hydrogen (secondary N) is 2. The second-order valence-corrected chi connectivity index (χ2v) is 6.62. The minimum absolute atomic E-state index is 0.302. The maximum atomic E-state index is 12.9. The number of carbonyl (C=O) groups is 4. The van der Waals surface area contributed by atoms with E-state index in [2.05, 4.69) is 10.7 Å². The van der Waals surface area contributed by atoms with Crippen molar-refractivity contribution in [2.24, 2.45) is 0 Å². The summed E-state index contributed by atoms with van der Waals surface area (Å²) >= 11 is 0. The first-order chi connectivity index (χ1) is 13.9. The molecule has 1 atom stereocenters. The van der Waals surface area contributed by atoms with E-state index < -0.39 is 36.0 Å². The molecule has 8 heteroatoms. The van der Waals surface area contributed by atoms with Crippen molar-refractivity contribution in [2.75, 3.05) is 6.61 Å². The molecule has 1 saturated heterocycles. The van der Waals surface area contributed by atoms with Crippen molar-refractivity contribution >= 4 is 23.8 Å². The first-order valence-corrected chi connectivity index (χ1v) is 9.13. The van der Waals surface area contributed by atoms with E-state index in [1.54, 1.807) is 68.4 Å². The molecule has 2 N–H and O–H groups in total. The van der Waals surface area contributed by atoms with E-state index in [1.165, 1.54) is 0 Å². The standard InChI is InChI=1S/C21H21N3O5/c1-3-21(15-10-5-4-6-11-15)19(27)24(20(28)22-21)23-17(25)13-29-18(26)16-12-8-7-9-14(16)2/h4-12H,3,13H2,1-2H3,(H,22,28)(H,23,25)/t21-/m0/s1. The quantitative estimate of drug-likeness (QED) is 0.575. The Labute approximate surface area is 167 Å². The summed E-state index contributed by atoms with van der Waals surface area (Å²) in [5, 5.41) is 3.28. The second-order valence-electron chi connectivity index (χ2n) is 6.62. The molecule has 0 unspecified atom stereocenters. The second kappa shape index (κ2) is 8.14. The molecular weight excluding hydrogens is 374 g/mol. The minimum atomic E-state index is -1.26. The van der Waals surface area contributed by atoms with Crippen LogP contribution in [0.15, 0.2) is 54.6 Å². The number of hydrogen-bond donors (Lipinski definition) is 2. The number of esters is 1. The third-order valence-corrected chi connectivity index (χ3v) is 4.82. The van der Waals surface area contributed by atoms with E-state index in [1.807, 2.05) is 0 Å². The van der Waals surface area contributed by atoms with Crippen LogP contribution in [-0.2, 0) is 19.9 Å². The summed E-state index contributed by atoms with van der Waals surface area (Å²) in [5.41, 5.74) is 2.62. The van der Waals surface area contributed by atoms with Gasteiger partial charge in [0, 0.05) is 0 Å². The molecule has 29 heavy (non-hydrogen) atoms. The molecular formula is C21H21N3O5. The van der Waals surface area contributed by atoms with Gasteiger partial charge in [-0.2, -0.15) is 5.01 Å². The number of urea groups is 1. The first-order valence-electron chi connectivity index (χ1n) is 9.13. The number of nitrogens with zero attached hydrogens (tertiary/aromatic N) is 1. The maximum absolute atomic E-state index is 12.9. The van der Waals surface area contributed by atoms with E-state index in [4.69, 9.17) is 4.74 Å². The van der Waals surface area contributed by atoms with Crippen molar-refractivity contribution < 1.29 is 23.9 Å². The Morgan fingerprint density at radius 1 is 1.07 bits per heavy atom. The molecule has 0 bridgehead atoms. The molecule has 3 rings (SSSR count). The molecule has 2 aromatic rings. The number of hydrazine groups is 1. The van der Waals surface area contributed by atoms with Gasteiger partial charge < -0.3 is 10.1 Å². The lowest BCUT2D eigenvalue weighted by atomic mass is 9.87. The number of hydrogen-bond acceptors (Lipinski definition) is 5. The lowest BCUT2D eigenvalue weighted by Gasteiger charge is -2.25. The van der Waals surface area contributed by atoms with Gasteiger partial charge in [0.1, 0.15) is 5.54 Å². The monoisotopic (exact) mass is 395 g/mol. The van der Waals surface area contributed by atoms with Crippen molar-refractivity contribution in [3.63, 3.8) is 0 Å². The van der Waals surface area contributed by atoms with Crippen LogP contribution >= 0.6 is 0 Å². The molecule has 0 spiro atoms. The average Bonchev–Trinajstić information content (AvgIpc) is 2.98. The highest BCUT2D eigenvalue weighted by molar-refractivity contribution is 6.08. The van der Waals surface area contributed by atoms with Gasteiger partial charge in [-0.05, 0) is 30.5 Å². The van der Waals surface area contributed by atoms with Gasteiger partial charge in [0.25, 0.3) is 11.8 Å². The first kappa shape index (κ1) is 20.1. The highest BCUT2D eigenvalue weighted by atomic mass is 16.5. The molecule has 0 aromatic heterocycles. The topological polar surface area (TPSA) is 105 Å². The van der Waals surface area contributed by atoms with E-state index in [9.17, 15) is 19.2 Å². The fourth-order valence-electron chi connectivity index (χ4n) is 3.21. The minimum Gasteiger partial charge on any atom is -0.452 e. The Kier molecular flexibility index (Phi) is 5.63. The summed E-state index contributed by atoms with van der Waals surface area (Å²) in [7, 11) is 0. The zero-order valence-corrected chi connectivity index (χ0v) is 16.1. The molecule has 0 radical (unpaired) electrons. The summed E-state index contributed by atoms with van der Waals surface area (Å²) in [6.45, 7) is 2.88. The Morgan fingerprint density at radius 3 is 2.38 bits per heavy atom. The SMILES string of the molecule is CC[C@@]1(c2ccccc2)NC(=O)N(NC(=O)COC(=O)c2ccccc2C)C1=O. The number of imide groups is 1. The normalized spacial score (nSPS) is 18.3. The lowest BCUT2D eigenvalue weighted by molar-refractivity contribution is -0.140. The fourth-order valence-corrected chi connectivity index (χ4v) is 3.21. The van der Waals surface area contributed by atoms with Crippen LogP contribution in [0.3, 0.4) is 0 Å². The number of aryl methyl sites for hydroxylation is 1. The van der Waals surface area contributed by atoms with Crippen molar-refractivity contribution in [1.82, 2.24) is 15.8 Å². The Morgan fingerprint density at radius 2 is 1.72 bits per heavy atom. The Bertz CT molecular complexity index is 960. The molecule has 1 fully saturated rings. The molecule has 150 valence electrons. The van der Waals surface area contributed by atoms with Gasteiger partial charge in [-0.3, -0.25) is 15.0 Å². The largest absolute Gasteiger partial charge is 0.452 e. The van der Waals surface area contributed by atoms with E-state index in [-0.39, 0.29) is 0 Å². The van der Waals surface area contributed by atoms with Gasteiger partial charge in [-0.1, -0.05) is 55.5 Å². The van der Waals surface area contributed by atoms with E-state index in [0.717, 1.165) is 0 Å². The van der Waals surface area contributed by atoms with E-state index >= 15 is 0 Å². The fraction of sp³-hybridized carbons (Fsp3) is 0.238. The highest BCUT2D eigenvalue weighted by Crippen LogP contribution is 2.31. The molecule has 1 aliphatic heterocycles. The third kappa shape index (κ3) is 3.82. The van der Waals surface area contributed by atoms with Crippen molar-refractivity contribution in [2.45, 2.75) is 25.8 Å². The molecule has 1 aliphatic rings. The van der Waals surface area contributed by atoms with Crippen LogP contribution in [0.2, 0.25) is 0 Å². The number of benzene rings is 2. The van der Waals surface area contributed by atoms with Crippen LogP contribution in [-0.4, -0.2) is 35.4 Å². The van der Waals surface area contributed by atoms with Gasteiger partial charge in [-0.25, -0.2) is 9.59 Å². The Hall–Kier alpha value is -3.68. The van der Waals surface area contributed by atoms with Gasteiger partial charge in [0.2, 0.25) is 0 Å². The number of ether oxygens (including phenoxy) is 1. The van der Waals surface area contributed by atoms with Crippen LogP contribution in [0.1, 0.15) is 34.8 Å². The predicted molar refractivity (Wildman–Crippen MR) is 103 cm³/mol. The third-order valence-electron chi connectivity index (χ3n) is 4.82. The van der Waals surface area contributed by atoms with Gasteiger partial charge in [0.15, 0.2) is 6.61 Å². The summed E-state index contributed by atoms with van der Waals surface area (Å²) in [6, 6.07) is 14.8. The summed E-state index contributed by atoms with van der Waals surface area (Å²) in [5.74, 6) is -2.06. The summed E-state index contributed by atoms with van der Waals surface area (Å²) in [4.78, 5) is 49.6. The number of carbonyl (C=O) groups excluding carboxylic acids is 4. The summed E-state index contributed by atoms with van der Waals surface area (Å²) < 4.78 is 4.99.